The van der Waals surface area contributed by atoms with Gasteiger partial charge in [0, 0.05) is 22.3 Å². The molecule has 0 saturated heterocycles. The van der Waals surface area contributed by atoms with E-state index in [2.05, 4.69) is 10.3 Å². The minimum Gasteiger partial charge on any atom is -0.478 e. The Labute approximate surface area is 179 Å². The smallest absolute Gasteiger partial charge is 0.259 e. The second-order valence-electron chi connectivity index (χ2n) is 6.95. The molecule has 0 radical (unpaired) electrons. The lowest BCUT2D eigenvalue weighted by atomic mass is 9.95. The van der Waals surface area contributed by atoms with Gasteiger partial charge >= 0.3 is 0 Å². The molecule has 1 amide bonds. The number of anilines is 1. The number of carbonyl (C=O) groups excluding carboxylic acids is 1. The number of hydrogen-bond acceptors (Lipinski definition) is 5. The van der Waals surface area contributed by atoms with E-state index in [9.17, 15) is 4.79 Å². The number of nitrogens with one attached hydrogen (secondary N) is 1. The third-order valence-electron chi connectivity index (χ3n) is 4.94. The van der Waals surface area contributed by atoms with E-state index in [0.29, 0.717) is 16.3 Å². The molecule has 0 fully saturated rings. The number of nitrogens with zero attached hydrogens (tertiary/aromatic N) is 2. The van der Waals surface area contributed by atoms with Crippen molar-refractivity contribution in [3.8, 4) is 11.8 Å². The number of aryl methyl sites for hydroxylation is 1. The highest BCUT2D eigenvalue weighted by atomic mass is 32.1. The van der Waals surface area contributed by atoms with Gasteiger partial charge in [0.15, 0.2) is 6.61 Å². The lowest BCUT2D eigenvalue weighted by Crippen LogP contribution is -2.14. The van der Waals surface area contributed by atoms with Gasteiger partial charge in [-0.2, -0.15) is 5.26 Å². The van der Waals surface area contributed by atoms with Gasteiger partial charge < -0.3 is 10.1 Å². The molecule has 1 aliphatic rings. The molecule has 30 heavy (non-hydrogen) atoms. The van der Waals surface area contributed by atoms with Crippen LogP contribution in [0.1, 0.15) is 39.2 Å². The molecule has 0 atom stereocenters. The standard InChI is InChI=1S/C24H21N3O2S/c25-14-15-29-20-12-6-4-8-17(20)16-26-24-22(19-11-5-7-13-21(19)30-24)23(28)27-18-9-2-1-3-10-18/h1-4,6,8-10,12,16H,5,7,11,13,15H2,(H,27,28). The number of rotatable bonds is 6. The van der Waals surface area contributed by atoms with Crippen LogP contribution < -0.4 is 10.1 Å². The minimum absolute atomic E-state index is 0.0249. The summed E-state index contributed by atoms with van der Waals surface area (Å²) in [6.45, 7) is -0.0249. The van der Waals surface area contributed by atoms with E-state index in [1.165, 1.54) is 4.88 Å². The van der Waals surface area contributed by atoms with Crippen molar-refractivity contribution in [3.05, 3.63) is 76.2 Å². The number of benzene rings is 2. The predicted octanol–water partition coefficient (Wildman–Crippen LogP) is 5.53. The third kappa shape index (κ3) is 4.42. The van der Waals surface area contributed by atoms with Crippen LogP contribution in [0, 0.1) is 11.3 Å². The average Bonchev–Trinajstić information content (AvgIpc) is 3.16. The van der Waals surface area contributed by atoms with E-state index >= 15 is 0 Å². The fraction of sp³-hybridized carbons (Fsp3) is 0.208. The molecule has 0 aliphatic heterocycles. The van der Waals surface area contributed by atoms with E-state index < -0.39 is 0 Å². The average molecular weight is 416 g/mol. The van der Waals surface area contributed by atoms with Gasteiger partial charge in [-0.25, -0.2) is 4.99 Å². The molecule has 3 aromatic rings. The van der Waals surface area contributed by atoms with E-state index in [1.807, 2.05) is 54.6 Å². The number of nitriles is 1. The van der Waals surface area contributed by atoms with Crippen LogP contribution in [0.2, 0.25) is 0 Å². The van der Waals surface area contributed by atoms with Crippen molar-refractivity contribution < 1.29 is 9.53 Å². The number of para-hydroxylation sites is 2. The highest BCUT2D eigenvalue weighted by Gasteiger charge is 2.25. The predicted molar refractivity (Wildman–Crippen MR) is 120 cm³/mol. The quantitative estimate of drug-likeness (QED) is 0.538. The van der Waals surface area contributed by atoms with Gasteiger partial charge in [0.25, 0.3) is 5.91 Å². The molecule has 1 aliphatic carbocycles. The Morgan fingerprint density at radius 3 is 2.73 bits per heavy atom. The Hall–Kier alpha value is -3.43. The van der Waals surface area contributed by atoms with Gasteiger partial charge in [0.05, 0.1) is 5.56 Å². The Bertz CT molecular complexity index is 1110. The van der Waals surface area contributed by atoms with Gasteiger partial charge in [-0.1, -0.05) is 30.3 Å². The van der Waals surface area contributed by atoms with Gasteiger partial charge in [0.2, 0.25) is 0 Å². The SMILES string of the molecule is N#CCOc1ccccc1C=Nc1sc2c(c1C(=O)Nc1ccccc1)CCCC2. The molecule has 5 nitrogen and oxygen atoms in total. The molecule has 6 heteroatoms. The van der Waals surface area contributed by atoms with E-state index in [-0.39, 0.29) is 12.5 Å². The Morgan fingerprint density at radius 2 is 1.90 bits per heavy atom. The Morgan fingerprint density at radius 1 is 1.13 bits per heavy atom. The van der Waals surface area contributed by atoms with Crippen molar-refractivity contribution in [2.45, 2.75) is 25.7 Å². The van der Waals surface area contributed by atoms with Crippen LogP contribution in [0.4, 0.5) is 10.7 Å². The summed E-state index contributed by atoms with van der Waals surface area (Å²) in [7, 11) is 0. The molecular formula is C24H21N3O2S. The number of fused-ring (bicyclic) bond motifs is 1. The summed E-state index contributed by atoms with van der Waals surface area (Å²) in [5.41, 5.74) is 3.34. The molecule has 4 rings (SSSR count). The first-order valence-corrected chi connectivity index (χ1v) is 10.7. The topological polar surface area (TPSA) is 74.5 Å². The van der Waals surface area contributed by atoms with Crippen LogP contribution in [0.25, 0.3) is 0 Å². The summed E-state index contributed by atoms with van der Waals surface area (Å²) in [5, 5.41) is 12.5. The highest BCUT2D eigenvalue weighted by Crippen LogP contribution is 2.40. The summed E-state index contributed by atoms with van der Waals surface area (Å²) in [6.07, 6.45) is 5.83. The second-order valence-corrected chi connectivity index (χ2v) is 8.04. The first kappa shape index (κ1) is 19.9. The molecular weight excluding hydrogens is 394 g/mol. The Balaban J connectivity index is 1.67. The number of aliphatic imine (C=N–C) groups is 1. The van der Waals surface area contributed by atoms with Crippen LogP contribution in [0.15, 0.2) is 59.6 Å². The van der Waals surface area contributed by atoms with Gasteiger partial charge in [-0.3, -0.25) is 4.79 Å². The third-order valence-corrected chi connectivity index (χ3v) is 6.14. The van der Waals surface area contributed by atoms with Crippen molar-refractivity contribution in [2.75, 3.05) is 11.9 Å². The van der Waals surface area contributed by atoms with Crippen molar-refractivity contribution in [1.29, 1.82) is 5.26 Å². The van der Waals surface area contributed by atoms with E-state index in [4.69, 9.17) is 10.00 Å². The van der Waals surface area contributed by atoms with Gasteiger partial charge in [0.1, 0.15) is 16.8 Å². The fourth-order valence-corrected chi connectivity index (χ4v) is 4.78. The molecule has 1 heterocycles. The zero-order valence-electron chi connectivity index (χ0n) is 16.4. The van der Waals surface area contributed by atoms with Crippen molar-refractivity contribution >= 4 is 34.1 Å². The van der Waals surface area contributed by atoms with Crippen molar-refractivity contribution in [1.82, 2.24) is 0 Å². The number of hydrogen-bond donors (Lipinski definition) is 1. The number of ether oxygens (including phenoxy) is 1. The second kappa shape index (κ2) is 9.38. The summed E-state index contributed by atoms with van der Waals surface area (Å²) < 4.78 is 5.48. The maximum absolute atomic E-state index is 13.1. The fourth-order valence-electron chi connectivity index (χ4n) is 3.55. The first-order chi connectivity index (χ1) is 14.8. The number of amides is 1. The molecule has 150 valence electrons. The largest absolute Gasteiger partial charge is 0.478 e. The normalized spacial score (nSPS) is 12.9. The van der Waals surface area contributed by atoms with Gasteiger partial charge in [-0.05, 0) is 55.5 Å². The van der Waals surface area contributed by atoms with E-state index in [1.54, 1.807) is 23.6 Å². The first-order valence-electron chi connectivity index (χ1n) is 9.90. The van der Waals surface area contributed by atoms with Crippen LogP contribution in [-0.4, -0.2) is 18.7 Å². The van der Waals surface area contributed by atoms with Crippen LogP contribution in [0.5, 0.6) is 5.75 Å². The molecule has 0 spiro atoms. The maximum Gasteiger partial charge on any atom is 0.259 e. The number of thiophene rings is 1. The van der Waals surface area contributed by atoms with Crippen molar-refractivity contribution in [3.63, 3.8) is 0 Å². The van der Waals surface area contributed by atoms with Gasteiger partial charge in [-0.15, -0.1) is 11.3 Å². The molecule has 0 bridgehead atoms. The van der Waals surface area contributed by atoms with Crippen molar-refractivity contribution in [2.24, 2.45) is 4.99 Å². The molecule has 2 aromatic carbocycles. The van der Waals surface area contributed by atoms with Crippen LogP contribution >= 0.6 is 11.3 Å². The zero-order chi connectivity index (χ0) is 20.8. The summed E-state index contributed by atoms with van der Waals surface area (Å²) in [4.78, 5) is 19.1. The minimum atomic E-state index is -0.123. The Kier molecular flexibility index (Phi) is 6.21. The summed E-state index contributed by atoms with van der Waals surface area (Å²) >= 11 is 1.59. The lowest BCUT2D eigenvalue weighted by molar-refractivity contribution is 0.102. The van der Waals surface area contributed by atoms with Crippen LogP contribution in [-0.2, 0) is 12.8 Å². The number of carbonyl (C=O) groups is 1. The monoisotopic (exact) mass is 415 g/mol. The molecule has 0 unspecified atom stereocenters. The van der Waals surface area contributed by atoms with Crippen LogP contribution in [0.3, 0.4) is 0 Å². The summed E-state index contributed by atoms with van der Waals surface area (Å²) in [5.74, 6) is 0.473. The summed E-state index contributed by atoms with van der Waals surface area (Å²) in [6, 6.07) is 18.9. The molecule has 0 saturated carbocycles. The zero-order valence-corrected chi connectivity index (χ0v) is 17.2. The maximum atomic E-state index is 13.1. The molecule has 1 N–H and O–H groups in total. The van der Waals surface area contributed by atoms with E-state index in [0.717, 1.165) is 42.5 Å². The highest BCUT2D eigenvalue weighted by molar-refractivity contribution is 7.16. The molecule has 1 aromatic heterocycles. The lowest BCUT2D eigenvalue weighted by Gasteiger charge is -2.12.